The van der Waals surface area contributed by atoms with Gasteiger partial charge in [0.25, 0.3) is 5.91 Å². The van der Waals surface area contributed by atoms with E-state index in [4.69, 9.17) is 4.74 Å². The summed E-state index contributed by atoms with van der Waals surface area (Å²) in [4.78, 5) is 67.5. The van der Waals surface area contributed by atoms with Crippen LogP contribution < -0.4 is 5.32 Å². The quantitative estimate of drug-likeness (QED) is 0.209. The van der Waals surface area contributed by atoms with Crippen LogP contribution >= 0.6 is 0 Å². The minimum atomic E-state index is -1.57. The van der Waals surface area contributed by atoms with E-state index in [1.807, 2.05) is 0 Å². The second-order valence-electron chi connectivity index (χ2n) is 13.9. The third kappa shape index (κ3) is 8.06. The average Bonchev–Trinajstić information content (AvgIpc) is 3.09. The highest BCUT2D eigenvalue weighted by atomic mass is 16.5. The second-order valence-corrected chi connectivity index (χ2v) is 13.9. The van der Waals surface area contributed by atoms with Crippen LogP contribution in [0.1, 0.15) is 91.5 Å². The van der Waals surface area contributed by atoms with Gasteiger partial charge in [-0.25, -0.2) is 0 Å². The third-order valence-corrected chi connectivity index (χ3v) is 10.2. The Kier molecular flexibility index (Phi) is 13.1. The molecule has 4 bridgehead atoms. The molecule has 0 unspecified atom stereocenters. The maximum atomic E-state index is 13.9. The molecule has 4 rings (SSSR count). The number of methoxy groups -OCH3 is 1. The van der Waals surface area contributed by atoms with E-state index in [-0.39, 0.29) is 28.7 Å². The molecule has 0 radical (unpaired) electrons. The number of phenols is 2. The zero-order valence-electron chi connectivity index (χ0n) is 30.3. The Bertz CT molecular complexity index is 1730. The number of carbonyl (C=O) groups is 5. The Morgan fingerprint density at radius 3 is 1.90 bits per heavy atom. The summed E-state index contributed by atoms with van der Waals surface area (Å²) in [5.74, 6) is -10.5. The molecule has 0 saturated carbocycles. The fourth-order valence-corrected chi connectivity index (χ4v) is 6.53. The molecule has 278 valence electrons. The van der Waals surface area contributed by atoms with Gasteiger partial charge < -0.3 is 40.7 Å². The molecule has 2 heterocycles. The van der Waals surface area contributed by atoms with Crippen molar-refractivity contribution in [1.29, 1.82) is 0 Å². The normalized spacial score (nSPS) is 33.1. The minimum absolute atomic E-state index is 0.0265. The number of phenolic OH excluding ortho intramolecular Hbond substituents is 2. The summed E-state index contributed by atoms with van der Waals surface area (Å²) in [5, 5.41) is 69.2. The second kappa shape index (κ2) is 16.3. The molecule has 7 N–H and O–H groups in total. The van der Waals surface area contributed by atoms with Crippen LogP contribution in [0.25, 0.3) is 0 Å². The number of rotatable bonds is 1. The number of aliphatic hydroxyl groups is 4. The van der Waals surface area contributed by atoms with E-state index < -0.39 is 117 Å². The van der Waals surface area contributed by atoms with Crippen molar-refractivity contribution >= 4 is 29.2 Å². The molecule has 1 aliphatic carbocycles. The van der Waals surface area contributed by atoms with Crippen LogP contribution in [0.2, 0.25) is 0 Å². The fraction of sp³-hybridized carbons (Fsp3) is 0.500. The molecule has 1 amide bonds. The SMILES string of the molecule is COC(=O)[C@@H]1[C@H](O)[C@H](C)[C@H](O)[C@H](C)/C=C/C=C(/C)C(=O)NC2=C(C)C(=O)c3c(c(O)c(C)c(O)c3C(=O)/C(C)=C/[C@H](C)[C@H](O)C[C@@H](C)[C@H]1O)C2=O. The van der Waals surface area contributed by atoms with Crippen LogP contribution in [0.5, 0.6) is 11.5 Å². The first kappa shape index (κ1) is 41.0. The van der Waals surface area contributed by atoms with Gasteiger partial charge in [-0.3, -0.25) is 24.0 Å². The Morgan fingerprint density at radius 2 is 1.33 bits per heavy atom. The molecule has 9 atom stereocenters. The van der Waals surface area contributed by atoms with Crippen LogP contribution in [0.4, 0.5) is 0 Å². The number of aromatic hydroxyl groups is 2. The Balaban J connectivity index is 2.23. The maximum Gasteiger partial charge on any atom is 0.313 e. The molecule has 0 saturated heterocycles. The topological polar surface area (TPSA) is 228 Å². The van der Waals surface area contributed by atoms with Crippen molar-refractivity contribution < 1.29 is 59.3 Å². The van der Waals surface area contributed by atoms with Crippen molar-refractivity contribution in [2.24, 2.45) is 29.6 Å². The number of hydrogen-bond acceptors (Lipinski definition) is 12. The molecule has 0 aromatic heterocycles. The highest BCUT2D eigenvalue weighted by Crippen LogP contribution is 2.43. The van der Waals surface area contributed by atoms with Crippen molar-refractivity contribution in [1.82, 2.24) is 5.32 Å². The van der Waals surface area contributed by atoms with E-state index in [9.17, 15) is 54.6 Å². The maximum absolute atomic E-state index is 13.9. The average molecular weight is 712 g/mol. The molecule has 1 aromatic rings. The zero-order chi connectivity index (χ0) is 38.8. The number of ketones is 3. The lowest BCUT2D eigenvalue weighted by atomic mass is 9.77. The zero-order valence-corrected chi connectivity index (χ0v) is 30.3. The van der Waals surface area contributed by atoms with Gasteiger partial charge in [-0.05, 0) is 45.6 Å². The molecule has 0 spiro atoms. The van der Waals surface area contributed by atoms with Crippen LogP contribution in [0.3, 0.4) is 0 Å². The van der Waals surface area contributed by atoms with Crippen LogP contribution in [0, 0.1) is 36.5 Å². The molecule has 2 aliphatic heterocycles. The van der Waals surface area contributed by atoms with Gasteiger partial charge in [0, 0.05) is 34.5 Å². The first-order valence-electron chi connectivity index (χ1n) is 16.8. The van der Waals surface area contributed by atoms with E-state index in [0.717, 1.165) is 7.11 Å². The van der Waals surface area contributed by atoms with E-state index >= 15 is 0 Å². The number of allylic oxidation sites excluding steroid dienone is 5. The van der Waals surface area contributed by atoms with Gasteiger partial charge in [-0.1, -0.05) is 52.0 Å². The van der Waals surface area contributed by atoms with Crippen molar-refractivity contribution in [2.75, 3.05) is 7.11 Å². The van der Waals surface area contributed by atoms with Gasteiger partial charge in [-0.15, -0.1) is 0 Å². The van der Waals surface area contributed by atoms with E-state index in [1.165, 1.54) is 52.8 Å². The summed E-state index contributed by atoms with van der Waals surface area (Å²) in [5.41, 5.74) is -2.46. The van der Waals surface area contributed by atoms with Crippen molar-refractivity contribution in [3.63, 3.8) is 0 Å². The largest absolute Gasteiger partial charge is 0.507 e. The van der Waals surface area contributed by atoms with Gasteiger partial charge >= 0.3 is 5.97 Å². The lowest BCUT2D eigenvalue weighted by Crippen LogP contribution is -2.48. The summed E-state index contributed by atoms with van der Waals surface area (Å²) in [7, 11) is 1.10. The van der Waals surface area contributed by atoms with E-state index in [0.29, 0.717) is 0 Å². The number of Topliss-reactive ketones (excluding diaryl/α,β-unsaturated/α-hetero) is 3. The number of nitrogens with one attached hydrogen (secondary N) is 1. The third-order valence-electron chi connectivity index (χ3n) is 10.2. The number of amides is 1. The summed E-state index contributed by atoms with van der Waals surface area (Å²) in [6, 6.07) is 0. The Labute approximate surface area is 297 Å². The van der Waals surface area contributed by atoms with Crippen molar-refractivity contribution in [3.05, 3.63) is 69.0 Å². The summed E-state index contributed by atoms with van der Waals surface area (Å²) >= 11 is 0. The van der Waals surface area contributed by atoms with Crippen molar-refractivity contribution in [3.8, 4) is 11.5 Å². The number of aliphatic hydroxyl groups excluding tert-OH is 4. The molecule has 51 heavy (non-hydrogen) atoms. The van der Waals surface area contributed by atoms with Gasteiger partial charge in [0.1, 0.15) is 17.4 Å². The van der Waals surface area contributed by atoms with E-state index in [2.05, 4.69) is 5.32 Å². The number of carbonyl (C=O) groups excluding carboxylic acids is 5. The standard InChI is InChI=1S/C38H49NO12/c1-15-11-10-12-16(2)37(49)39-28-20(6)32(44)24-25(33(45)22(8)34(46)26(24)36(28)48)30(42)18(4)13-17(3)23(40)14-19(5)31(43)27(38(50)51-9)35(47)21(7)29(15)41/h10-13,15,17,19,21,23,27,29,31,35,40-41,43,45-47H,14H2,1-9H3,(H,39,49)/b11-10+,16-12-,18-13+/t15-,17+,19-,21-,23-,27+,29-,31-,35-/m1/s1. The van der Waals surface area contributed by atoms with Gasteiger partial charge in [0.15, 0.2) is 11.6 Å². The summed E-state index contributed by atoms with van der Waals surface area (Å²) < 4.78 is 4.88. The number of benzene rings is 1. The molecule has 1 aromatic carbocycles. The first-order chi connectivity index (χ1) is 23.7. The monoisotopic (exact) mass is 711 g/mol. The molecule has 3 aliphatic rings. The lowest BCUT2D eigenvalue weighted by molar-refractivity contribution is -0.162. The molecule has 13 heteroatoms. The lowest BCUT2D eigenvalue weighted by Gasteiger charge is -2.35. The van der Waals surface area contributed by atoms with Crippen LogP contribution in [0.15, 0.2) is 46.7 Å². The molecular formula is C38H49NO12. The van der Waals surface area contributed by atoms with Gasteiger partial charge in [-0.2, -0.15) is 0 Å². The fourth-order valence-electron chi connectivity index (χ4n) is 6.53. The van der Waals surface area contributed by atoms with Crippen LogP contribution in [-0.4, -0.2) is 91.4 Å². The predicted molar refractivity (Wildman–Crippen MR) is 186 cm³/mol. The van der Waals surface area contributed by atoms with Gasteiger partial charge in [0.2, 0.25) is 5.78 Å². The Morgan fingerprint density at radius 1 is 0.765 bits per heavy atom. The van der Waals surface area contributed by atoms with Crippen molar-refractivity contribution in [2.45, 2.75) is 86.2 Å². The van der Waals surface area contributed by atoms with Crippen LogP contribution in [-0.2, 0) is 14.3 Å². The number of fused-ring (bicyclic) bond motifs is 16. The minimum Gasteiger partial charge on any atom is -0.507 e. The Hall–Kier alpha value is -4.43. The summed E-state index contributed by atoms with van der Waals surface area (Å²) in [6.07, 6.45) is 0.161. The highest BCUT2D eigenvalue weighted by Gasteiger charge is 2.43. The van der Waals surface area contributed by atoms with Gasteiger partial charge in [0.05, 0.1) is 53.9 Å². The number of ether oxygens (including phenoxy) is 1. The molecular weight excluding hydrogens is 662 g/mol. The highest BCUT2D eigenvalue weighted by molar-refractivity contribution is 6.32. The molecule has 0 fully saturated rings. The number of hydrogen-bond donors (Lipinski definition) is 7. The summed E-state index contributed by atoms with van der Waals surface area (Å²) in [6.45, 7) is 11.6. The number of esters is 1. The predicted octanol–water partition coefficient (Wildman–Crippen LogP) is 2.99. The van der Waals surface area contributed by atoms with E-state index in [1.54, 1.807) is 26.8 Å². The molecule has 13 nitrogen and oxygen atoms in total. The first-order valence-corrected chi connectivity index (χ1v) is 16.8. The smallest absolute Gasteiger partial charge is 0.313 e.